The summed E-state index contributed by atoms with van der Waals surface area (Å²) in [5.41, 5.74) is 4.01. The smallest absolute Gasteiger partial charge is 0.210 e. The Morgan fingerprint density at radius 3 is 2.63 bits per heavy atom. The molecule has 0 aliphatic carbocycles. The minimum atomic E-state index is -0.357. The van der Waals surface area contributed by atoms with Crippen LogP contribution in [-0.4, -0.2) is 54.2 Å². The van der Waals surface area contributed by atoms with E-state index >= 15 is 0 Å². The molecule has 1 fully saturated rings. The number of carbonyl (C=O) groups is 2. The molecule has 0 aromatic heterocycles. The van der Waals surface area contributed by atoms with Crippen LogP contribution >= 0.6 is 11.6 Å². The lowest BCUT2D eigenvalue weighted by atomic mass is 9.87. The molecule has 0 saturated carbocycles. The standard InChI is InChI=1S/C24H28ClN3O2/c1-16(2)27-11-12-28(15-29)22(14-27)19-5-8-21-18(13-19)9-10-26-23(21)24(30)17-3-6-20(25)7-4-17/h3-8,13,15-16,22-23,26H,9-12,14H2,1-2H3. The van der Waals surface area contributed by atoms with Crippen molar-refractivity contribution in [2.24, 2.45) is 0 Å². The number of Topliss-reactive ketones (excluding diaryl/α,β-unsaturated/α-hetero) is 1. The van der Waals surface area contributed by atoms with Crippen LogP contribution < -0.4 is 5.32 Å². The highest BCUT2D eigenvalue weighted by Gasteiger charge is 2.31. The number of nitrogens with zero attached hydrogens (tertiary/aromatic N) is 2. The molecule has 1 saturated heterocycles. The molecule has 2 aromatic rings. The Hall–Kier alpha value is -2.21. The van der Waals surface area contributed by atoms with Gasteiger partial charge >= 0.3 is 0 Å². The first-order valence-corrected chi connectivity index (χ1v) is 11.0. The number of hydrogen-bond acceptors (Lipinski definition) is 4. The van der Waals surface area contributed by atoms with Gasteiger partial charge in [-0.05, 0) is 61.2 Å². The molecule has 2 aliphatic heterocycles. The fourth-order valence-corrected chi connectivity index (χ4v) is 4.64. The van der Waals surface area contributed by atoms with Gasteiger partial charge in [-0.25, -0.2) is 0 Å². The normalized spacial score (nSPS) is 22.1. The van der Waals surface area contributed by atoms with E-state index in [0.717, 1.165) is 50.1 Å². The number of rotatable bonds is 5. The van der Waals surface area contributed by atoms with Crippen LogP contribution in [0, 0.1) is 0 Å². The Morgan fingerprint density at radius 2 is 1.93 bits per heavy atom. The SMILES string of the molecule is CC(C)N1CCN(C=O)C(c2ccc3c(c2)CCNC3C(=O)c2ccc(Cl)cc2)C1. The summed E-state index contributed by atoms with van der Waals surface area (Å²) in [5, 5.41) is 3.99. The van der Waals surface area contributed by atoms with Crippen LogP contribution in [0.4, 0.5) is 0 Å². The van der Waals surface area contributed by atoms with Crippen molar-refractivity contribution in [1.29, 1.82) is 0 Å². The number of hydrogen-bond donors (Lipinski definition) is 1. The second-order valence-electron chi connectivity index (χ2n) is 8.41. The highest BCUT2D eigenvalue weighted by molar-refractivity contribution is 6.30. The van der Waals surface area contributed by atoms with E-state index in [1.165, 1.54) is 5.56 Å². The fourth-order valence-electron chi connectivity index (χ4n) is 4.52. The number of carbonyl (C=O) groups excluding carboxylic acids is 2. The first kappa shape index (κ1) is 21.0. The highest BCUT2D eigenvalue weighted by Crippen LogP contribution is 2.32. The number of halogens is 1. The van der Waals surface area contributed by atoms with Gasteiger partial charge in [0.05, 0.1) is 12.1 Å². The van der Waals surface area contributed by atoms with E-state index in [-0.39, 0.29) is 17.9 Å². The molecular formula is C24H28ClN3O2. The molecular weight excluding hydrogens is 398 g/mol. The largest absolute Gasteiger partial charge is 0.336 e. The molecule has 2 atom stereocenters. The summed E-state index contributed by atoms with van der Waals surface area (Å²) in [6, 6.07) is 13.5. The van der Waals surface area contributed by atoms with Gasteiger partial charge in [-0.3, -0.25) is 14.5 Å². The maximum atomic E-state index is 13.1. The van der Waals surface area contributed by atoms with E-state index in [1.54, 1.807) is 24.3 Å². The van der Waals surface area contributed by atoms with Gasteiger partial charge in [-0.2, -0.15) is 0 Å². The van der Waals surface area contributed by atoms with Crippen molar-refractivity contribution in [3.63, 3.8) is 0 Å². The minimum absolute atomic E-state index is 0.0456. The van der Waals surface area contributed by atoms with Gasteiger partial charge in [0.2, 0.25) is 6.41 Å². The predicted molar refractivity (Wildman–Crippen MR) is 119 cm³/mol. The summed E-state index contributed by atoms with van der Waals surface area (Å²) in [5.74, 6) is 0.0542. The van der Waals surface area contributed by atoms with Gasteiger partial charge < -0.3 is 10.2 Å². The maximum Gasteiger partial charge on any atom is 0.210 e. The van der Waals surface area contributed by atoms with E-state index in [9.17, 15) is 9.59 Å². The molecule has 0 bridgehead atoms. The average molecular weight is 426 g/mol. The lowest BCUT2D eigenvalue weighted by Gasteiger charge is -2.42. The summed E-state index contributed by atoms with van der Waals surface area (Å²) >= 11 is 5.97. The summed E-state index contributed by atoms with van der Waals surface area (Å²) in [7, 11) is 0. The number of nitrogens with one attached hydrogen (secondary N) is 1. The molecule has 4 rings (SSSR count). The quantitative estimate of drug-likeness (QED) is 0.587. The molecule has 1 amide bonds. The van der Waals surface area contributed by atoms with Crippen molar-refractivity contribution in [1.82, 2.24) is 15.1 Å². The molecule has 30 heavy (non-hydrogen) atoms. The van der Waals surface area contributed by atoms with Crippen LogP contribution in [0.1, 0.15) is 53.0 Å². The van der Waals surface area contributed by atoms with Gasteiger partial charge in [0.25, 0.3) is 0 Å². The monoisotopic (exact) mass is 425 g/mol. The van der Waals surface area contributed by atoms with Crippen LogP contribution in [0.3, 0.4) is 0 Å². The zero-order valence-electron chi connectivity index (χ0n) is 17.5. The average Bonchev–Trinajstić information content (AvgIpc) is 2.77. The number of piperazine rings is 1. The summed E-state index contributed by atoms with van der Waals surface area (Å²) in [6.07, 6.45) is 1.84. The fraction of sp³-hybridized carbons (Fsp3) is 0.417. The number of amides is 1. The Bertz CT molecular complexity index is 929. The Balaban J connectivity index is 1.62. The zero-order chi connectivity index (χ0) is 21.3. The second kappa shape index (κ2) is 8.88. The molecule has 5 nitrogen and oxygen atoms in total. The summed E-state index contributed by atoms with van der Waals surface area (Å²) in [6.45, 7) is 7.61. The molecule has 158 valence electrons. The molecule has 2 aliphatic rings. The lowest BCUT2D eigenvalue weighted by molar-refractivity contribution is -0.123. The Morgan fingerprint density at radius 1 is 1.17 bits per heavy atom. The molecule has 1 N–H and O–H groups in total. The third-order valence-corrected chi connectivity index (χ3v) is 6.57. The summed E-state index contributed by atoms with van der Waals surface area (Å²) < 4.78 is 0. The van der Waals surface area contributed by atoms with Crippen LogP contribution in [0.2, 0.25) is 5.02 Å². The molecule has 6 heteroatoms. The number of benzene rings is 2. The van der Waals surface area contributed by atoms with Crippen molar-refractivity contribution in [3.05, 3.63) is 69.7 Å². The Kier molecular flexibility index (Phi) is 6.23. The van der Waals surface area contributed by atoms with Gasteiger partial charge in [0.15, 0.2) is 5.78 Å². The van der Waals surface area contributed by atoms with Gasteiger partial charge in [0.1, 0.15) is 0 Å². The molecule has 2 aromatic carbocycles. The van der Waals surface area contributed by atoms with Gasteiger partial charge in [-0.15, -0.1) is 0 Å². The van der Waals surface area contributed by atoms with Gasteiger partial charge in [0, 0.05) is 42.8 Å². The van der Waals surface area contributed by atoms with E-state index < -0.39 is 0 Å². The molecule has 0 spiro atoms. The highest BCUT2D eigenvalue weighted by atomic mass is 35.5. The lowest BCUT2D eigenvalue weighted by Crippen LogP contribution is -2.50. The van der Waals surface area contributed by atoms with Crippen LogP contribution in [0.5, 0.6) is 0 Å². The van der Waals surface area contributed by atoms with Crippen LogP contribution in [0.15, 0.2) is 42.5 Å². The van der Waals surface area contributed by atoms with E-state index in [4.69, 9.17) is 11.6 Å². The second-order valence-corrected chi connectivity index (χ2v) is 8.85. The van der Waals surface area contributed by atoms with Crippen molar-refractivity contribution in [3.8, 4) is 0 Å². The molecule has 0 radical (unpaired) electrons. The first-order chi connectivity index (χ1) is 14.5. The molecule has 2 heterocycles. The van der Waals surface area contributed by atoms with Crippen LogP contribution in [0.25, 0.3) is 0 Å². The van der Waals surface area contributed by atoms with Gasteiger partial charge in [-0.1, -0.05) is 29.8 Å². The van der Waals surface area contributed by atoms with Crippen molar-refractivity contribution in [2.45, 2.75) is 38.4 Å². The zero-order valence-corrected chi connectivity index (χ0v) is 18.2. The Labute approximate surface area is 183 Å². The van der Waals surface area contributed by atoms with Crippen molar-refractivity contribution in [2.75, 3.05) is 26.2 Å². The van der Waals surface area contributed by atoms with Crippen molar-refractivity contribution >= 4 is 23.8 Å². The topological polar surface area (TPSA) is 52.6 Å². The predicted octanol–water partition coefficient (Wildman–Crippen LogP) is 3.63. The van der Waals surface area contributed by atoms with Crippen LogP contribution in [-0.2, 0) is 11.2 Å². The van der Waals surface area contributed by atoms with E-state index in [2.05, 4.69) is 42.3 Å². The minimum Gasteiger partial charge on any atom is -0.336 e. The number of fused-ring (bicyclic) bond motifs is 1. The molecule has 2 unspecified atom stereocenters. The van der Waals surface area contributed by atoms with Crippen molar-refractivity contribution < 1.29 is 9.59 Å². The summed E-state index contributed by atoms with van der Waals surface area (Å²) in [4.78, 5) is 29.1. The maximum absolute atomic E-state index is 13.1. The third-order valence-electron chi connectivity index (χ3n) is 6.32. The first-order valence-electron chi connectivity index (χ1n) is 10.6. The number of ketones is 1. The van der Waals surface area contributed by atoms with E-state index in [1.807, 2.05) is 4.90 Å². The third kappa shape index (κ3) is 4.15. The van der Waals surface area contributed by atoms with E-state index in [0.29, 0.717) is 16.6 Å².